The summed E-state index contributed by atoms with van der Waals surface area (Å²) in [5, 5.41) is 0. The first kappa shape index (κ1) is 17.4. The second-order valence-corrected chi connectivity index (χ2v) is 6.74. The van der Waals surface area contributed by atoms with Crippen molar-refractivity contribution in [1.82, 2.24) is 14.9 Å². The maximum atomic E-state index is 12.9. The molecule has 1 aromatic heterocycles. The van der Waals surface area contributed by atoms with Crippen LogP contribution < -0.4 is 4.90 Å². The molecule has 132 valence electrons. The van der Waals surface area contributed by atoms with Crippen molar-refractivity contribution in [1.29, 1.82) is 0 Å². The molecule has 25 heavy (non-hydrogen) atoms. The number of benzene rings is 1. The van der Waals surface area contributed by atoms with Gasteiger partial charge in [-0.15, -0.1) is 0 Å². The number of hydrogen-bond acceptors (Lipinski definition) is 4. The van der Waals surface area contributed by atoms with Gasteiger partial charge in [0.05, 0.1) is 0 Å². The Morgan fingerprint density at radius 2 is 1.92 bits per heavy atom. The molecule has 0 bridgehead atoms. The molecule has 1 saturated heterocycles. The molecular formula is C20H26N4O. The van der Waals surface area contributed by atoms with E-state index in [0.717, 1.165) is 30.4 Å². The Labute approximate surface area is 149 Å². The van der Waals surface area contributed by atoms with Gasteiger partial charge in [0.15, 0.2) is 0 Å². The van der Waals surface area contributed by atoms with E-state index in [0.29, 0.717) is 18.8 Å². The Balaban J connectivity index is 1.73. The topological polar surface area (TPSA) is 49.3 Å². The zero-order valence-corrected chi connectivity index (χ0v) is 15.1. The molecule has 1 amide bonds. The van der Waals surface area contributed by atoms with Crippen molar-refractivity contribution in [3.8, 4) is 0 Å². The lowest BCUT2D eigenvalue weighted by molar-refractivity contribution is 0.0746. The second-order valence-electron chi connectivity index (χ2n) is 6.74. The first-order valence-electron chi connectivity index (χ1n) is 9.07. The highest BCUT2D eigenvalue weighted by atomic mass is 16.2. The summed E-state index contributed by atoms with van der Waals surface area (Å²) in [6.45, 7) is 7.51. The highest BCUT2D eigenvalue weighted by molar-refractivity contribution is 5.92. The smallest absolute Gasteiger partial charge is 0.272 e. The average molecular weight is 338 g/mol. The molecule has 1 aromatic carbocycles. The van der Waals surface area contributed by atoms with Gasteiger partial charge in [-0.3, -0.25) is 4.79 Å². The third kappa shape index (κ3) is 4.35. The van der Waals surface area contributed by atoms with E-state index in [-0.39, 0.29) is 5.91 Å². The summed E-state index contributed by atoms with van der Waals surface area (Å²) < 4.78 is 0. The second kappa shape index (κ2) is 8.10. The molecule has 5 nitrogen and oxygen atoms in total. The Kier molecular flexibility index (Phi) is 5.64. The highest BCUT2D eigenvalue weighted by Crippen LogP contribution is 2.21. The maximum absolute atomic E-state index is 12.9. The van der Waals surface area contributed by atoms with Crippen molar-refractivity contribution in [2.75, 3.05) is 24.5 Å². The van der Waals surface area contributed by atoms with Gasteiger partial charge in [0.1, 0.15) is 17.8 Å². The fourth-order valence-electron chi connectivity index (χ4n) is 3.17. The van der Waals surface area contributed by atoms with Crippen LogP contribution in [-0.2, 0) is 6.54 Å². The van der Waals surface area contributed by atoms with Crippen molar-refractivity contribution >= 4 is 11.7 Å². The highest BCUT2D eigenvalue weighted by Gasteiger charge is 2.20. The summed E-state index contributed by atoms with van der Waals surface area (Å²) in [5.41, 5.74) is 1.60. The van der Waals surface area contributed by atoms with Crippen LogP contribution in [0, 0.1) is 5.92 Å². The van der Waals surface area contributed by atoms with Crippen molar-refractivity contribution in [3.63, 3.8) is 0 Å². The Hall–Kier alpha value is -2.43. The minimum Gasteiger partial charge on any atom is -0.356 e. The molecule has 0 saturated carbocycles. The SMILES string of the molecule is CCN(Cc1ccccc1)C(=O)c1cc(N2CCC(C)CC2)ncn1. The Morgan fingerprint density at radius 3 is 2.60 bits per heavy atom. The zero-order valence-electron chi connectivity index (χ0n) is 15.1. The van der Waals surface area contributed by atoms with E-state index in [2.05, 4.69) is 21.8 Å². The summed E-state index contributed by atoms with van der Waals surface area (Å²) >= 11 is 0. The van der Waals surface area contributed by atoms with E-state index < -0.39 is 0 Å². The number of anilines is 1. The lowest BCUT2D eigenvalue weighted by Crippen LogP contribution is -2.34. The largest absolute Gasteiger partial charge is 0.356 e. The van der Waals surface area contributed by atoms with Crippen LogP contribution >= 0.6 is 0 Å². The molecular weight excluding hydrogens is 312 g/mol. The Bertz CT molecular complexity index is 696. The van der Waals surface area contributed by atoms with Crippen LogP contribution in [0.25, 0.3) is 0 Å². The molecule has 2 heterocycles. The van der Waals surface area contributed by atoms with E-state index in [9.17, 15) is 4.79 Å². The standard InChI is InChI=1S/C20H26N4O/c1-3-23(14-17-7-5-4-6-8-17)20(25)18-13-19(22-15-21-18)24-11-9-16(2)10-12-24/h4-8,13,15-16H,3,9-12,14H2,1-2H3. The number of piperidine rings is 1. The number of nitrogens with zero attached hydrogens (tertiary/aromatic N) is 4. The normalized spacial score (nSPS) is 15.2. The monoisotopic (exact) mass is 338 g/mol. The van der Waals surface area contributed by atoms with Gasteiger partial charge in [0.2, 0.25) is 0 Å². The first-order chi connectivity index (χ1) is 12.2. The molecule has 0 atom stereocenters. The van der Waals surface area contributed by atoms with Gasteiger partial charge in [0, 0.05) is 32.2 Å². The minimum atomic E-state index is -0.0413. The van der Waals surface area contributed by atoms with Crippen LogP contribution in [0.2, 0.25) is 0 Å². The lowest BCUT2D eigenvalue weighted by Gasteiger charge is -2.31. The summed E-state index contributed by atoms with van der Waals surface area (Å²) in [7, 11) is 0. The molecule has 2 aromatic rings. The van der Waals surface area contributed by atoms with Crippen LogP contribution in [0.1, 0.15) is 42.7 Å². The van der Waals surface area contributed by atoms with Crippen LogP contribution in [0.15, 0.2) is 42.7 Å². The molecule has 0 aliphatic carbocycles. The molecule has 0 radical (unpaired) electrons. The number of amides is 1. The van der Waals surface area contributed by atoms with Crippen molar-refractivity contribution < 1.29 is 4.79 Å². The molecule has 0 unspecified atom stereocenters. The fraction of sp³-hybridized carbons (Fsp3) is 0.450. The lowest BCUT2D eigenvalue weighted by atomic mass is 9.99. The van der Waals surface area contributed by atoms with Crippen LogP contribution in [0.4, 0.5) is 5.82 Å². The van der Waals surface area contributed by atoms with Crippen LogP contribution in [0.5, 0.6) is 0 Å². The summed E-state index contributed by atoms with van der Waals surface area (Å²) in [5.74, 6) is 1.59. The van der Waals surface area contributed by atoms with Crippen molar-refractivity contribution in [2.45, 2.75) is 33.2 Å². The van der Waals surface area contributed by atoms with E-state index in [4.69, 9.17) is 0 Å². The van der Waals surface area contributed by atoms with Crippen LogP contribution in [0.3, 0.4) is 0 Å². The van der Waals surface area contributed by atoms with E-state index in [1.165, 1.54) is 19.2 Å². The number of carbonyl (C=O) groups excluding carboxylic acids is 1. The van der Waals surface area contributed by atoms with Crippen LogP contribution in [-0.4, -0.2) is 40.4 Å². The molecule has 1 aliphatic heterocycles. The third-order valence-corrected chi connectivity index (χ3v) is 4.86. The van der Waals surface area contributed by atoms with E-state index >= 15 is 0 Å². The molecule has 0 spiro atoms. The summed E-state index contributed by atoms with van der Waals surface area (Å²) in [6.07, 6.45) is 3.85. The van der Waals surface area contributed by atoms with Crippen molar-refractivity contribution in [3.05, 3.63) is 54.0 Å². The van der Waals surface area contributed by atoms with Gasteiger partial charge in [-0.25, -0.2) is 9.97 Å². The summed E-state index contributed by atoms with van der Waals surface area (Å²) in [6, 6.07) is 11.9. The van der Waals surface area contributed by atoms with Gasteiger partial charge in [0.25, 0.3) is 5.91 Å². The quantitative estimate of drug-likeness (QED) is 0.839. The average Bonchev–Trinajstić information content (AvgIpc) is 2.67. The molecule has 1 aliphatic rings. The van der Waals surface area contributed by atoms with Gasteiger partial charge >= 0.3 is 0 Å². The zero-order chi connectivity index (χ0) is 17.6. The van der Waals surface area contributed by atoms with Crippen molar-refractivity contribution in [2.24, 2.45) is 5.92 Å². The minimum absolute atomic E-state index is 0.0413. The van der Waals surface area contributed by atoms with Gasteiger partial charge in [-0.05, 0) is 31.2 Å². The molecule has 0 N–H and O–H groups in total. The molecule has 1 fully saturated rings. The molecule has 5 heteroatoms. The predicted molar refractivity (Wildman–Crippen MR) is 99.5 cm³/mol. The number of aromatic nitrogens is 2. The number of hydrogen-bond donors (Lipinski definition) is 0. The van der Waals surface area contributed by atoms with Gasteiger partial charge < -0.3 is 9.80 Å². The number of rotatable bonds is 5. The first-order valence-corrected chi connectivity index (χ1v) is 9.07. The van der Waals surface area contributed by atoms with E-state index in [1.54, 1.807) is 0 Å². The predicted octanol–water partition coefficient (Wildman–Crippen LogP) is 3.38. The maximum Gasteiger partial charge on any atom is 0.272 e. The van der Waals surface area contributed by atoms with E-state index in [1.807, 2.05) is 48.2 Å². The number of carbonyl (C=O) groups is 1. The third-order valence-electron chi connectivity index (χ3n) is 4.86. The fourth-order valence-corrected chi connectivity index (χ4v) is 3.17. The Morgan fingerprint density at radius 1 is 1.20 bits per heavy atom. The van der Waals surface area contributed by atoms with Gasteiger partial charge in [-0.1, -0.05) is 37.3 Å². The van der Waals surface area contributed by atoms with Gasteiger partial charge in [-0.2, -0.15) is 0 Å². The molecule has 3 rings (SSSR count). The summed E-state index contributed by atoms with van der Waals surface area (Å²) in [4.78, 5) is 25.6.